The molecule has 1 rings (SSSR count). The maximum atomic E-state index is 10.3. The van der Waals surface area contributed by atoms with E-state index >= 15 is 0 Å². The molecule has 0 radical (unpaired) electrons. The molecule has 1 aromatic rings. The van der Waals surface area contributed by atoms with Gasteiger partial charge in [0.05, 0.1) is 3.57 Å². The molecule has 0 heterocycles. The topological polar surface area (TPSA) is 37.3 Å². The zero-order valence-electron chi connectivity index (χ0n) is 4.54. The van der Waals surface area contributed by atoms with Crippen LogP contribution in [-0.2, 0) is 3.07 Å². The normalized spacial score (nSPS) is 9.33. The van der Waals surface area contributed by atoms with Gasteiger partial charge in [-0.25, -0.2) is 0 Å². The van der Waals surface area contributed by atoms with E-state index in [9.17, 15) is 3.07 Å². The zero-order valence-corrected chi connectivity index (χ0v) is 6.70. The summed E-state index contributed by atoms with van der Waals surface area (Å²) < 4.78 is 10.9. The second-order valence-electron chi connectivity index (χ2n) is 1.53. The Morgan fingerprint density at radius 2 is 2.00 bits per heavy atom. The summed E-state index contributed by atoms with van der Waals surface area (Å²) in [4.78, 5) is 0. The lowest BCUT2D eigenvalue weighted by Crippen LogP contribution is -1.69. The van der Waals surface area contributed by atoms with Crippen molar-refractivity contribution in [1.82, 2.24) is 0 Å². The zero-order chi connectivity index (χ0) is 6.69. The largest absolute Gasteiger partial charge is 0.507 e. The van der Waals surface area contributed by atoms with Gasteiger partial charge in [-0.3, -0.25) is 3.07 Å². The van der Waals surface area contributed by atoms with Crippen molar-refractivity contribution in [3.8, 4) is 5.75 Å². The van der Waals surface area contributed by atoms with E-state index in [0.717, 1.165) is 0 Å². The van der Waals surface area contributed by atoms with Crippen LogP contribution in [0.15, 0.2) is 24.3 Å². The molecule has 2 nitrogen and oxygen atoms in total. The SMILES string of the molecule is O=Ic1ccccc1O. The second-order valence-corrected chi connectivity index (χ2v) is 3.13. The molecule has 0 unspecified atom stereocenters. The number of phenolic OH excluding ortho intramolecular Hbond substituents is 1. The molecule has 0 bridgehead atoms. The summed E-state index contributed by atoms with van der Waals surface area (Å²) in [7, 11) is 0. The lowest BCUT2D eigenvalue weighted by molar-refractivity contribution is 0.471. The van der Waals surface area contributed by atoms with Crippen LogP contribution in [0.25, 0.3) is 0 Å². The van der Waals surface area contributed by atoms with Gasteiger partial charge in [-0.15, -0.1) is 0 Å². The molecule has 0 saturated heterocycles. The minimum absolute atomic E-state index is 0.139. The highest BCUT2D eigenvalue weighted by Crippen LogP contribution is 2.20. The smallest absolute Gasteiger partial charge is 0.185 e. The second kappa shape index (κ2) is 2.91. The van der Waals surface area contributed by atoms with Crippen molar-refractivity contribution in [3.05, 3.63) is 27.8 Å². The molecule has 9 heavy (non-hydrogen) atoms. The first-order valence-corrected chi connectivity index (χ1v) is 4.35. The third-order valence-corrected chi connectivity index (χ3v) is 2.32. The molecule has 0 aliphatic heterocycles. The van der Waals surface area contributed by atoms with Crippen molar-refractivity contribution < 1.29 is 8.18 Å². The van der Waals surface area contributed by atoms with Crippen molar-refractivity contribution in [2.24, 2.45) is 0 Å². The van der Waals surface area contributed by atoms with Crippen molar-refractivity contribution in [1.29, 1.82) is 0 Å². The first-order chi connectivity index (χ1) is 4.34. The fourth-order valence-corrected chi connectivity index (χ4v) is 1.28. The summed E-state index contributed by atoms with van der Waals surface area (Å²) in [5, 5.41) is 8.94. The van der Waals surface area contributed by atoms with Crippen LogP contribution < -0.4 is 0 Å². The van der Waals surface area contributed by atoms with Crippen LogP contribution in [0.2, 0.25) is 0 Å². The number of rotatable bonds is 1. The number of benzene rings is 1. The van der Waals surface area contributed by atoms with Gasteiger partial charge in [-0.05, 0) is 12.1 Å². The predicted octanol–water partition coefficient (Wildman–Crippen LogP) is 1.88. The molecule has 0 spiro atoms. The van der Waals surface area contributed by atoms with Gasteiger partial charge in [0.25, 0.3) is 0 Å². The van der Waals surface area contributed by atoms with E-state index in [1.165, 1.54) is 6.07 Å². The number of hydrogen-bond donors (Lipinski definition) is 1. The Kier molecular flexibility index (Phi) is 2.16. The lowest BCUT2D eigenvalue weighted by Gasteiger charge is -1.90. The number of aromatic hydroxyl groups is 1. The van der Waals surface area contributed by atoms with Crippen LogP contribution >= 0.6 is 21.2 Å². The van der Waals surface area contributed by atoms with E-state index in [4.69, 9.17) is 5.11 Å². The van der Waals surface area contributed by atoms with Crippen LogP contribution in [0, 0.1) is 3.57 Å². The summed E-state index contributed by atoms with van der Waals surface area (Å²) in [6, 6.07) is 6.66. The summed E-state index contributed by atoms with van der Waals surface area (Å²) >= 11 is -1.21. The molecule has 1 aromatic carbocycles. The molecule has 0 aliphatic carbocycles. The Balaban J connectivity index is 3.15. The van der Waals surface area contributed by atoms with E-state index in [1.807, 2.05) is 0 Å². The molecule has 0 fully saturated rings. The predicted molar refractivity (Wildman–Crippen MR) is 41.5 cm³/mol. The molecule has 0 amide bonds. The highest BCUT2D eigenvalue weighted by Gasteiger charge is 1.94. The fourth-order valence-electron chi connectivity index (χ4n) is 0.517. The average molecular weight is 236 g/mol. The Bertz CT molecular complexity index is 222. The van der Waals surface area contributed by atoms with Gasteiger partial charge < -0.3 is 5.11 Å². The maximum Gasteiger partial charge on any atom is 0.185 e. The highest BCUT2D eigenvalue weighted by atomic mass is 127. The van der Waals surface area contributed by atoms with Crippen LogP contribution in [-0.4, -0.2) is 5.11 Å². The Labute approximate surface area is 63.2 Å². The van der Waals surface area contributed by atoms with Crippen molar-refractivity contribution >= 4 is 21.2 Å². The number of hydrogen-bond acceptors (Lipinski definition) is 2. The minimum Gasteiger partial charge on any atom is -0.507 e. The molecule has 3 heteroatoms. The molecule has 1 N–H and O–H groups in total. The summed E-state index contributed by atoms with van der Waals surface area (Å²) in [6.07, 6.45) is 0. The Hall–Kier alpha value is -0.450. The summed E-state index contributed by atoms with van der Waals surface area (Å²) in [6.45, 7) is 0. The standard InChI is InChI=1S/C6H5IO2/c8-6-4-2-1-3-5(6)7-9/h1-4,8H. The molecule has 0 atom stereocenters. The van der Waals surface area contributed by atoms with E-state index in [2.05, 4.69) is 0 Å². The molecule has 0 saturated carbocycles. The van der Waals surface area contributed by atoms with E-state index in [-0.39, 0.29) is 5.75 Å². The maximum absolute atomic E-state index is 10.3. The van der Waals surface area contributed by atoms with Gasteiger partial charge >= 0.3 is 0 Å². The van der Waals surface area contributed by atoms with Crippen LogP contribution in [0.3, 0.4) is 0 Å². The number of para-hydroxylation sites is 1. The van der Waals surface area contributed by atoms with Gasteiger partial charge in [0.1, 0.15) is 5.75 Å². The highest BCUT2D eigenvalue weighted by molar-refractivity contribution is 14.1. The van der Waals surface area contributed by atoms with Crippen molar-refractivity contribution in [2.45, 2.75) is 0 Å². The lowest BCUT2D eigenvalue weighted by atomic mass is 10.3. The third-order valence-electron chi connectivity index (χ3n) is 0.936. The van der Waals surface area contributed by atoms with Gasteiger partial charge in [0.2, 0.25) is 0 Å². The Morgan fingerprint density at radius 1 is 1.33 bits per heavy atom. The molecular formula is C6H5IO2. The van der Waals surface area contributed by atoms with Gasteiger partial charge in [0, 0.05) is 0 Å². The first kappa shape index (κ1) is 6.67. The fraction of sp³-hybridized carbons (Fsp3) is 0. The summed E-state index contributed by atoms with van der Waals surface area (Å²) in [5.74, 6) is 0.139. The average Bonchev–Trinajstić information content (AvgIpc) is 1.89. The van der Waals surface area contributed by atoms with E-state index < -0.39 is 21.2 Å². The molecule has 0 aliphatic rings. The van der Waals surface area contributed by atoms with E-state index in [1.54, 1.807) is 18.2 Å². The quantitative estimate of drug-likeness (QED) is 0.755. The first-order valence-electron chi connectivity index (χ1n) is 2.39. The number of phenols is 1. The third kappa shape index (κ3) is 1.48. The monoisotopic (exact) mass is 236 g/mol. The Morgan fingerprint density at radius 3 is 2.44 bits per heavy atom. The molecular weight excluding hydrogens is 231 g/mol. The van der Waals surface area contributed by atoms with Crippen molar-refractivity contribution in [2.75, 3.05) is 0 Å². The molecule has 48 valence electrons. The van der Waals surface area contributed by atoms with Crippen LogP contribution in [0.5, 0.6) is 5.75 Å². The van der Waals surface area contributed by atoms with Gasteiger partial charge in [-0.2, -0.15) is 0 Å². The van der Waals surface area contributed by atoms with Crippen LogP contribution in [0.1, 0.15) is 0 Å². The minimum atomic E-state index is -1.21. The van der Waals surface area contributed by atoms with Gasteiger partial charge in [0.15, 0.2) is 21.2 Å². The van der Waals surface area contributed by atoms with Gasteiger partial charge in [-0.1, -0.05) is 12.1 Å². The van der Waals surface area contributed by atoms with E-state index in [0.29, 0.717) is 3.57 Å². The molecule has 0 aromatic heterocycles. The van der Waals surface area contributed by atoms with Crippen molar-refractivity contribution in [3.63, 3.8) is 0 Å². The van der Waals surface area contributed by atoms with Crippen LogP contribution in [0.4, 0.5) is 0 Å². The summed E-state index contributed by atoms with van der Waals surface area (Å²) in [5.41, 5.74) is 0. The number of halogens is 1.